The Labute approximate surface area is 120 Å². The number of hydrogen-bond acceptors (Lipinski definition) is 4. The molecule has 0 saturated heterocycles. The molecule has 0 heterocycles. The van der Waals surface area contributed by atoms with Gasteiger partial charge in [0, 0.05) is 18.0 Å². The molecule has 2 rings (SSSR count). The average molecular weight is 292 g/mol. The summed E-state index contributed by atoms with van der Waals surface area (Å²) in [5, 5.41) is 20.5. The second kappa shape index (κ2) is 5.92. The molecule has 1 aromatic rings. The fraction of sp³-hybridized carbons (Fsp3) is 0.357. The van der Waals surface area contributed by atoms with Crippen molar-refractivity contribution >= 4 is 17.8 Å². The van der Waals surface area contributed by atoms with Crippen LogP contribution >= 0.6 is 0 Å². The van der Waals surface area contributed by atoms with Crippen LogP contribution in [0, 0.1) is 17.8 Å². The topological polar surface area (TPSA) is 130 Å². The molecule has 0 aliphatic heterocycles. The zero-order valence-corrected chi connectivity index (χ0v) is 11.1. The van der Waals surface area contributed by atoms with Crippen LogP contribution < -0.4 is 11.1 Å². The van der Waals surface area contributed by atoms with E-state index in [1.807, 2.05) is 0 Å². The molecular weight excluding hydrogens is 276 g/mol. The van der Waals surface area contributed by atoms with Crippen LogP contribution in [0.25, 0.3) is 0 Å². The Morgan fingerprint density at radius 1 is 1.19 bits per heavy atom. The van der Waals surface area contributed by atoms with Crippen molar-refractivity contribution in [2.45, 2.75) is 6.04 Å². The molecule has 7 heteroatoms. The molecule has 21 heavy (non-hydrogen) atoms. The summed E-state index contributed by atoms with van der Waals surface area (Å²) in [6.07, 6.45) is 0. The number of amides is 1. The van der Waals surface area contributed by atoms with Gasteiger partial charge in [-0.1, -0.05) is 18.2 Å². The van der Waals surface area contributed by atoms with Crippen LogP contribution in [0.5, 0.6) is 0 Å². The van der Waals surface area contributed by atoms with Crippen molar-refractivity contribution in [1.29, 1.82) is 0 Å². The summed E-state index contributed by atoms with van der Waals surface area (Å²) >= 11 is 0. The fourth-order valence-corrected chi connectivity index (χ4v) is 2.57. The predicted octanol–water partition coefficient (Wildman–Crippen LogP) is -0.225. The first kappa shape index (κ1) is 15.0. The van der Waals surface area contributed by atoms with Gasteiger partial charge >= 0.3 is 11.9 Å². The van der Waals surface area contributed by atoms with Gasteiger partial charge in [-0.2, -0.15) is 0 Å². The molecule has 1 aliphatic rings. The molecule has 0 radical (unpaired) electrons. The highest BCUT2D eigenvalue weighted by Crippen LogP contribution is 2.47. The van der Waals surface area contributed by atoms with E-state index in [2.05, 4.69) is 5.32 Å². The van der Waals surface area contributed by atoms with Crippen LogP contribution in [0.3, 0.4) is 0 Å². The molecule has 112 valence electrons. The molecule has 0 spiro atoms. The molecular formula is C14H16N2O5. The highest BCUT2D eigenvalue weighted by atomic mass is 16.4. The first-order chi connectivity index (χ1) is 9.93. The number of carbonyl (C=O) groups excluding carboxylic acids is 1. The highest BCUT2D eigenvalue weighted by Gasteiger charge is 2.59. The van der Waals surface area contributed by atoms with E-state index < -0.39 is 35.7 Å². The Morgan fingerprint density at radius 2 is 1.81 bits per heavy atom. The smallest absolute Gasteiger partial charge is 0.320 e. The van der Waals surface area contributed by atoms with Crippen molar-refractivity contribution in [1.82, 2.24) is 5.32 Å². The van der Waals surface area contributed by atoms with Crippen molar-refractivity contribution in [3.63, 3.8) is 0 Å². The lowest BCUT2D eigenvalue weighted by molar-refractivity contribution is -0.140. The Balaban J connectivity index is 1.95. The first-order valence-electron chi connectivity index (χ1n) is 6.48. The Hall–Kier alpha value is -2.41. The molecule has 1 aromatic carbocycles. The van der Waals surface area contributed by atoms with Crippen LogP contribution in [0.15, 0.2) is 30.3 Å². The van der Waals surface area contributed by atoms with Gasteiger partial charge in [-0.05, 0) is 18.1 Å². The van der Waals surface area contributed by atoms with Gasteiger partial charge in [0.25, 0.3) is 5.91 Å². The van der Waals surface area contributed by atoms with Crippen LogP contribution in [-0.2, 0) is 9.59 Å². The first-order valence-corrected chi connectivity index (χ1v) is 6.48. The number of rotatable bonds is 6. The number of nitrogens with two attached hydrogens (primary N) is 1. The standard InChI is InChI=1S/C14H16N2O5/c15-11(14(20)21)9-8(10(9)13(18)19)6-16-12(17)7-4-2-1-3-5-7/h1-5,8-11H,6,15H2,(H,16,17)(H,18,19)(H,20,21)/t8?,9?,10?,11-/m0/s1. The van der Waals surface area contributed by atoms with Gasteiger partial charge in [0.2, 0.25) is 0 Å². The number of nitrogens with one attached hydrogen (secondary N) is 1. The van der Waals surface area contributed by atoms with Crippen molar-refractivity contribution in [2.24, 2.45) is 23.5 Å². The van der Waals surface area contributed by atoms with Crippen LogP contribution in [-0.4, -0.2) is 40.6 Å². The van der Waals surface area contributed by atoms with E-state index in [-0.39, 0.29) is 12.5 Å². The molecule has 3 unspecified atom stereocenters. The summed E-state index contributed by atoms with van der Waals surface area (Å²) in [5.74, 6) is -4.59. The summed E-state index contributed by atoms with van der Waals surface area (Å²) in [4.78, 5) is 33.8. The second-order valence-corrected chi connectivity index (χ2v) is 5.05. The van der Waals surface area contributed by atoms with Crippen molar-refractivity contribution in [3.8, 4) is 0 Å². The lowest BCUT2D eigenvalue weighted by Gasteiger charge is -2.06. The minimum atomic E-state index is -1.23. The van der Waals surface area contributed by atoms with Gasteiger partial charge < -0.3 is 21.3 Å². The predicted molar refractivity (Wildman–Crippen MR) is 72.5 cm³/mol. The lowest BCUT2D eigenvalue weighted by atomic mass is 10.1. The van der Waals surface area contributed by atoms with Crippen LogP contribution in [0.1, 0.15) is 10.4 Å². The number of carbonyl (C=O) groups is 3. The maximum absolute atomic E-state index is 11.9. The Kier molecular flexibility index (Phi) is 4.23. The zero-order chi connectivity index (χ0) is 15.6. The monoisotopic (exact) mass is 292 g/mol. The minimum Gasteiger partial charge on any atom is -0.481 e. The van der Waals surface area contributed by atoms with E-state index in [4.69, 9.17) is 15.9 Å². The largest absolute Gasteiger partial charge is 0.481 e. The second-order valence-electron chi connectivity index (χ2n) is 5.05. The summed E-state index contributed by atoms with van der Waals surface area (Å²) in [7, 11) is 0. The molecule has 0 aromatic heterocycles. The van der Waals surface area contributed by atoms with Gasteiger partial charge in [0.1, 0.15) is 6.04 Å². The number of hydrogen-bond donors (Lipinski definition) is 4. The van der Waals surface area contributed by atoms with Crippen molar-refractivity contribution in [3.05, 3.63) is 35.9 Å². The molecule has 0 bridgehead atoms. The van der Waals surface area contributed by atoms with Gasteiger partial charge in [-0.15, -0.1) is 0 Å². The number of carboxylic acids is 2. The number of aliphatic carboxylic acids is 2. The third-order valence-electron chi connectivity index (χ3n) is 3.75. The third kappa shape index (κ3) is 3.19. The molecule has 4 atom stereocenters. The molecule has 7 nitrogen and oxygen atoms in total. The van der Waals surface area contributed by atoms with Gasteiger partial charge in [0.15, 0.2) is 0 Å². The maximum Gasteiger partial charge on any atom is 0.320 e. The minimum absolute atomic E-state index is 0.0936. The number of benzene rings is 1. The van der Waals surface area contributed by atoms with E-state index in [1.165, 1.54) is 0 Å². The quantitative estimate of drug-likeness (QED) is 0.573. The van der Waals surface area contributed by atoms with Gasteiger partial charge in [-0.3, -0.25) is 14.4 Å². The fourth-order valence-electron chi connectivity index (χ4n) is 2.57. The summed E-state index contributed by atoms with van der Waals surface area (Å²) in [6, 6.07) is 7.25. The summed E-state index contributed by atoms with van der Waals surface area (Å²) in [6.45, 7) is 0.0936. The summed E-state index contributed by atoms with van der Waals surface area (Å²) in [5.41, 5.74) is 5.94. The average Bonchev–Trinajstić information content (AvgIpc) is 3.19. The lowest BCUT2D eigenvalue weighted by Crippen LogP contribution is -2.35. The van der Waals surface area contributed by atoms with E-state index in [9.17, 15) is 14.4 Å². The number of carboxylic acid groups (broad SMARTS) is 2. The third-order valence-corrected chi connectivity index (χ3v) is 3.75. The van der Waals surface area contributed by atoms with E-state index in [1.54, 1.807) is 30.3 Å². The zero-order valence-electron chi connectivity index (χ0n) is 11.1. The van der Waals surface area contributed by atoms with Gasteiger partial charge in [-0.25, -0.2) is 0 Å². The maximum atomic E-state index is 11.9. The normalized spacial score (nSPS) is 24.9. The highest BCUT2D eigenvalue weighted by molar-refractivity contribution is 5.94. The summed E-state index contributed by atoms with van der Waals surface area (Å²) < 4.78 is 0. The van der Waals surface area contributed by atoms with Crippen molar-refractivity contribution < 1.29 is 24.6 Å². The van der Waals surface area contributed by atoms with E-state index >= 15 is 0 Å². The molecule has 1 saturated carbocycles. The van der Waals surface area contributed by atoms with Crippen LogP contribution in [0.2, 0.25) is 0 Å². The van der Waals surface area contributed by atoms with E-state index in [0.29, 0.717) is 5.56 Å². The Morgan fingerprint density at radius 3 is 2.33 bits per heavy atom. The van der Waals surface area contributed by atoms with Gasteiger partial charge in [0.05, 0.1) is 5.92 Å². The molecule has 5 N–H and O–H groups in total. The van der Waals surface area contributed by atoms with Crippen molar-refractivity contribution in [2.75, 3.05) is 6.54 Å². The molecule has 1 amide bonds. The van der Waals surface area contributed by atoms with E-state index in [0.717, 1.165) is 0 Å². The SMILES string of the molecule is N[C@H](C(=O)O)C1C(CNC(=O)c2ccccc2)C1C(=O)O. The molecule has 1 aliphatic carbocycles. The van der Waals surface area contributed by atoms with Crippen LogP contribution in [0.4, 0.5) is 0 Å². The Bertz CT molecular complexity index is 560. The molecule has 1 fully saturated rings.